The van der Waals surface area contributed by atoms with E-state index in [-0.39, 0.29) is 17.5 Å². The highest BCUT2D eigenvalue weighted by Crippen LogP contribution is 2.30. The van der Waals surface area contributed by atoms with Crippen molar-refractivity contribution in [3.05, 3.63) is 92.8 Å². The van der Waals surface area contributed by atoms with E-state index in [1.54, 1.807) is 21.6 Å². The lowest BCUT2D eigenvalue weighted by Crippen LogP contribution is -2.26. The Morgan fingerprint density at radius 3 is 2.62 bits per heavy atom. The van der Waals surface area contributed by atoms with Crippen molar-refractivity contribution in [1.82, 2.24) is 24.3 Å². The number of benzene rings is 2. The maximum absolute atomic E-state index is 14.1. The zero-order chi connectivity index (χ0) is 23.8. The fourth-order valence-corrected chi connectivity index (χ4v) is 4.52. The molecule has 0 aliphatic carbocycles. The van der Waals surface area contributed by atoms with Crippen molar-refractivity contribution in [3.63, 3.8) is 0 Å². The fraction of sp³-hybridized carbons (Fsp3) is 0.120. The quantitative estimate of drug-likeness (QED) is 0.305. The highest BCUT2D eigenvalue weighted by molar-refractivity contribution is 14.1. The Labute approximate surface area is 209 Å². The third-order valence-corrected chi connectivity index (χ3v) is 6.45. The van der Waals surface area contributed by atoms with E-state index in [1.807, 2.05) is 68.7 Å². The summed E-state index contributed by atoms with van der Waals surface area (Å²) in [4.78, 5) is 22.5. The van der Waals surface area contributed by atoms with Crippen LogP contribution in [0.3, 0.4) is 0 Å². The summed E-state index contributed by atoms with van der Waals surface area (Å²) in [6.45, 7) is 2.00. The van der Waals surface area contributed by atoms with Gasteiger partial charge in [-0.05, 0) is 58.7 Å². The molecule has 9 heteroatoms. The highest BCUT2D eigenvalue weighted by atomic mass is 127. The van der Waals surface area contributed by atoms with E-state index in [0.29, 0.717) is 11.2 Å². The molecule has 1 unspecified atom stereocenters. The van der Waals surface area contributed by atoms with E-state index in [1.165, 1.54) is 0 Å². The van der Waals surface area contributed by atoms with Crippen molar-refractivity contribution >= 4 is 45.1 Å². The Kier molecular flexibility index (Phi) is 5.78. The van der Waals surface area contributed by atoms with Gasteiger partial charge in [0.1, 0.15) is 5.82 Å². The standard InChI is InChI=1S/C25H22IN7O/c1-15(30-23-20(26)13-28-25(27)31-23)21-11-16-7-6-10-19(17-12-29-32(2)14-17)22(16)24(34)33(21)18-8-4-3-5-9-18/h3-15H,1-2H3,(H3,27,28,30,31). The molecule has 0 saturated heterocycles. The first kappa shape index (κ1) is 22.1. The van der Waals surface area contributed by atoms with Crippen LogP contribution in [0.15, 0.2) is 78.0 Å². The van der Waals surface area contributed by atoms with Crippen LogP contribution in [-0.2, 0) is 7.05 Å². The van der Waals surface area contributed by atoms with Gasteiger partial charge in [-0.15, -0.1) is 0 Å². The molecule has 34 heavy (non-hydrogen) atoms. The lowest BCUT2D eigenvalue weighted by atomic mass is 9.99. The van der Waals surface area contributed by atoms with Gasteiger partial charge in [0.2, 0.25) is 5.95 Å². The van der Waals surface area contributed by atoms with Gasteiger partial charge in [-0.25, -0.2) is 4.98 Å². The number of rotatable bonds is 5. The van der Waals surface area contributed by atoms with Crippen LogP contribution < -0.4 is 16.6 Å². The third-order valence-electron chi connectivity index (χ3n) is 5.67. The summed E-state index contributed by atoms with van der Waals surface area (Å²) in [5, 5.41) is 9.21. The second-order valence-corrected chi connectivity index (χ2v) is 9.17. The van der Waals surface area contributed by atoms with E-state index >= 15 is 0 Å². The zero-order valence-corrected chi connectivity index (χ0v) is 20.8. The molecule has 8 nitrogen and oxygen atoms in total. The topological polar surface area (TPSA) is 104 Å². The first-order valence-electron chi connectivity index (χ1n) is 10.7. The Bertz CT molecular complexity index is 1560. The Hall–Kier alpha value is -3.73. The van der Waals surface area contributed by atoms with E-state index in [0.717, 1.165) is 31.5 Å². The number of fused-ring (bicyclic) bond motifs is 1. The summed E-state index contributed by atoms with van der Waals surface area (Å²) in [5.74, 6) is 0.812. The molecule has 5 rings (SSSR count). The second-order valence-electron chi connectivity index (χ2n) is 8.01. The molecule has 170 valence electrons. The van der Waals surface area contributed by atoms with Crippen molar-refractivity contribution < 1.29 is 0 Å². The predicted octanol–water partition coefficient (Wildman–Crippen LogP) is 4.54. The molecule has 0 aliphatic rings. The van der Waals surface area contributed by atoms with Gasteiger partial charge in [0.15, 0.2) is 0 Å². The first-order chi connectivity index (χ1) is 16.4. The number of hydrogen-bond donors (Lipinski definition) is 2. The molecule has 0 spiro atoms. The van der Waals surface area contributed by atoms with Crippen LogP contribution in [0.2, 0.25) is 0 Å². The van der Waals surface area contributed by atoms with Gasteiger partial charge >= 0.3 is 0 Å². The van der Waals surface area contributed by atoms with E-state index < -0.39 is 0 Å². The van der Waals surface area contributed by atoms with Gasteiger partial charge in [0.05, 0.1) is 21.2 Å². The second kappa shape index (κ2) is 8.90. The molecule has 2 aromatic carbocycles. The molecule has 0 radical (unpaired) electrons. The van der Waals surface area contributed by atoms with Crippen molar-refractivity contribution in [2.45, 2.75) is 13.0 Å². The highest BCUT2D eigenvalue weighted by Gasteiger charge is 2.20. The monoisotopic (exact) mass is 563 g/mol. The molecule has 3 aromatic heterocycles. The number of aromatic nitrogens is 5. The number of aryl methyl sites for hydroxylation is 1. The first-order valence-corrected chi connectivity index (χ1v) is 11.8. The van der Waals surface area contributed by atoms with Gasteiger partial charge in [0, 0.05) is 36.4 Å². The van der Waals surface area contributed by atoms with Crippen LogP contribution in [0.5, 0.6) is 0 Å². The molecule has 0 bridgehead atoms. The maximum Gasteiger partial charge on any atom is 0.263 e. The smallest absolute Gasteiger partial charge is 0.263 e. The number of anilines is 2. The van der Waals surface area contributed by atoms with Gasteiger partial charge in [-0.2, -0.15) is 10.1 Å². The minimum Gasteiger partial charge on any atom is -0.368 e. The fourth-order valence-electron chi connectivity index (χ4n) is 4.11. The molecule has 3 N–H and O–H groups in total. The number of halogens is 1. The average Bonchev–Trinajstić information content (AvgIpc) is 3.27. The van der Waals surface area contributed by atoms with Crippen molar-refractivity contribution in [3.8, 4) is 16.8 Å². The molecule has 0 fully saturated rings. The number of nitrogens with one attached hydrogen (secondary N) is 1. The molecule has 0 aliphatic heterocycles. The minimum atomic E-state index is -0.248. The summed E-state index contributed by atoms with van der Waals surface area (Å²) in [6.07, 6.45) is 5.37. The lowest BCUT2D eigenvalue weighted by molar-refractivity contribution is 0.768. The maximum atomic E-state index is 14.1. The van der Waals surface area contributed by atoms with Crippen LogP contribution >= 0.6 is 22.6 Å². The summed E-state index contributed by atoms with van der Waals surface area (Å²) < 4.78 is 4.34. The van der Waals surface area contributed by atoms with Crippen molar-refractivity contribution in [1.29, 1.82) is 0 Å². The van der Waals surface area contributed by atoms with Gasteiger partial charge in [0.25, 0.3) is 5.56 Å². The van der Waals surface area contributed by atoms with Gasteiger partial charge in [-0.3, -0.25) is 14.0 Å². The summed E-state index contributed by atoms with van der Waals surface area (Å²) in [7, 11) is 1.86. The summed E-state index contributed by atoms with van der Waals surface area (Å²) in [5.41, 5.74) is 9.06. The van der Waals surface area contributed by atoms with E-state index in [2.05, 4.69) is 49.0 Å². The number of hydrogen-bond acceptors (Lipinski definition) is 6. The van der Waals surface area contributed by atoms with Crippen LogP contribution in [-0.4, -0.2) is 24.3 Å². The largest absolute Gasteiger partial charge is 0.368 e. The molecule has 5 aromatic rings. The normalized spacial score (nSPS) is 12.1. The lowest BCUT2D eigenvalue weighted by Gasteiger charge is -2.22. The molecule has 3 heterocycles. The summed E-state index contributed by atoms with van der Waals surface area (Å²) >= 11 is 2.16. The Balaban J connectivity index is 1.75. The number of nitrogens with zero attached hydrogens (tertiary/aromatic N) is 5. The molecular formula is C25H22IN7O. The van der Waals surface area contributed by atoms with Crippen LogP contribution in [0.1, 0.15) is 18.7 Å². The van der Waals surface area contributed by atoms with Crippen molar-refractivity contribution in [2.75, 3.05) is 11.1 Å². The average molecular weight is 563 g/mol. The van der Waals surface area contributed by atoms with Crippen molar-refractivity contribution in [2.24, 2.45) is 7.05 Å². The predicted molar refractivity (Wildman–Crippen MR) is 143 cm³/mol. The molecular weight excluding hydrogens is 541 g/mol. The molecule has 1 atom stereocenters. The number of nitrogens with two attached hydrogens (primary N) is 1. The van der Waals surface area contributed by atoms with Crippen LogP contribution in [0.25, 0.3) is 27.6 Å². The Morgan fingerprint density at radius 1 is 1.09 bits per heavy atom. The van der Waals surface area contributed by atoms with E-state index in [9.17, 15) is 4.79 Å². The van der Waals surface area contributed by atoms with E-state index in [4.69, 9.17) is 5.73 Å². The zero-order valence-electron chi connectivity index (χ0n) is 18.6. The van der Waals surface area contributed by atoms with Gasteiger partial charge < -0.3 is 11.1 Å². The number of para-hydroxylation sites is 1. The Morgan fingerprint density at radius 2 is 1.88 bits per heavy atom. The molecule has 0 saturated carbocycles. The van der Waals surface area contributed by atoms with Crippen LogP contribution in [0, 0.1) is 3.57 Å². The summed E-state index contributed by atoms with van der Waals surface area (Å²) in [6, 6.07) is 17.4. The number of nitrogen functional groups attached to an aromatic ring is 1. The molecule has 0 amide bonds. The van der Waals surface area contributed by atoms with Crippen LogP contribution in [0.4, 0.5) is 11.8 Å². The SMILES string of the molecule is CC(Nc1nc(N)ncc1I)c1cc2cccc(-c3cnn(C)c3)c2c(=O)n1-c1ccccc1. The minimum absolute atomic E-state index is 0.0938. The van der Waals surface area contributed by atoms with Gasteiger partial charge in [-0.1, -0.05) is 36.4 Å². The third kappa shape index (κ3) is 4.03. The number of pyridine rings is 1.